The van der Waals surface area contributed by atoms with Crippen molar-refractivity contribution in [3.8, 4) is 0 Å². The second-order valence-electron chi connectivity index (χ2n) is 7.01. The molecule has 1 atom stereocenters. The Morgan fingerprint density at radius 3 is 3.08 bits per heavy atom. The molecule has 0 spiro atoms. The first kappa shape index (κ1) is 17.0. The van der Waals surface area contributed by atoms with Crippen LogP contribution in [0.3, 0.4) is 0 Å². The first-order chi connectivity index (χ1) is 11.5. The summed E-state index contributed by atoms with van der Waals surface area (Å²) in [6.07, 6.45) is 3.27. The van der Waals surface area contributed by atoms with E-state index in [4.69, 9.17) is 9.72 Å². The molecule has 0 saturated heterocycles. The highest BCUT2D eigenvalue weighted by atomic mass is 16.5. The Morgan fingerprint density at radius 1 is 1.46 bits per heavy atom. The van der Waals surface area contributed by atoms with Gasteiger partial charge in [0, 0.05) is 31.7 Å². The molecule has 0 saturated carbocycles. The van der Waals surface area contributed by atoms with Crippen molar-refractivity contribution in [2.24, 2.45) is 5.92 Å². The fourth-order valence-corrected chi connectivity index (χ4v) is 3.18. The molecule has 0 fully saturated rings. The number of nitrogens with zero attached hydrogens (tertiary/aromatic N) is 2. The van der Waals surface area contributed by atoms with Gasteiger partial charge in [-0.25, -0.2) is 4.98 Å². The van der Waals surface area contributed by atoms with Crippen molar-refractivity contribution in [2.45, 2.75) is 52.7 Å². The van der Waals surface area contributed by atoms with E-state index in [1.807, 2.05) is 32.0 Å². The van der Waals surface area contributed by atoms with Crippen LogP contribution in [0.5, 0.6) is 0 Å². The zero-order valence-electron chi connectivity index (χ0n) is 14.8. The third-order valence-electron chi connectivity index (χ3n) is 4.52. The number of aromatic nitrogens is 2. The summed E-state index contributed by atoms with van der Waals surface area (Å²) in [5.41, 5.74) is 2.74. The van der Waals surface area contributed by atoms with Crippen molar-refractivity contribution in [1.82, 2.24) is 14.9 Å². The number of hydrogen-bond donors (Lipinski definition) is 1. The average molecular weight is 329 g/mol. The van der Waals surface area contributed by atoms with Crippen LogP contribution in [0.25, 0.3) is 11.0 Å². The Balaban J connectivity index is 1.64. The quantitative estimate of drug-likeness (QED) is 0.828. The predicted octanol–water partition coefficient (Wildman–Crippen LogP) is 3.16. The number of nitrogens with one attached hydrogen (secondary N) is 1. The summed E-state index contributed by atoms with van der Waals surface area (Å²) in [6, 6.07) is 5.83. The summed E-state index contributed by atoms with van der Waals surface area (Å²) in [4.78, 5) is 17.0. The number of carbonyl (C=O) groups excluding carboxylic acids is 1. The van der Waals surface area contributed by atoms with Gasteiger partial charge in [0.15, 0.2) is 0 Å². The Kier molecular flexibility index (Phi) is 5.19. The molecule has 130 valence electrons. The van der Waals surface area contributed by atoms with Crippen LogP contribution in [0.2, 0.25) is 0 Å². The fraction of sp³-hybridized carbons (Fsp3) is 0.579. The van der Waals surface area contributed by atoms with Gasteiger partial charge in [0.25, 0.3) is 5.91 Å². The van der Waals surface area contributed by atoms with Crippen LogP contribution < -0.4 is 5.32 Å². The van der Waals surface area contributed by atoms with Gasteiger partial charge in [0.2, 0.25) is 0 Å². The molecule has 1 amide bonds. The third-order valence-corrected chi connectivity index (χ3v) is 4.52. The molecule has 1 N–H and O–H groups in total. The number of hydrogen-bond acceptors (Lipinski definition) is 3. The van der Waals surface area contributed by atoms with E-state index in [0.717, 1.165) is 36.2 Å². The van der Waals surface area contributed by atoms with Crippen LogP contribution in [0.1, 0.15) is 49.8 Å². The minimum atomic E-state index is -0.0409. The van der Waals surface area contributed by atoms with E-state index in [0.29, 0.717) is 24.6 Å². The SMILES string of the molecule is CC1CCn2c(nc3cc(C(=O)NCCCOC(C)C)ccc32)C1. The highest BCUT2D eigenvalue weighted by Gasteiger charge is 2.19. The lowest BCUT2D eigenvalue weighted by atomic mass is 10.0. The minimum absolute atomic E-state index is 0.0409. The molecule has 1 aromatic carbocycles. The Morgan fingerprint density at radius 2 is 2.29 bits per heavy atom. The van der Waals surface area contributed by atoms with Crippen LogP contribution in [-0.4, -0.2) is 34.7 Å². The standard InChI is InChI=1S/C19H27N3O2/c1-13(2)24-10-4-8-20-19(23)15-5-6-17-16(12-15)21-18-11-14(3)7-9-22(17)18/h5-6,12-14H,4,7-11H2,1-3H3,(H,20,23). The maximum Gasteiger partial charge on any atom is 0.251 e. The van der Waals surface area contributed by atoms with Crippen LogP contribution in [-0.2, 0) is 17.7 Å². The zero-order valence-corrected chi connectivity index (χ0v) is 14.8. The molecule has 5 nitrogen and oxygen atoms in total. The van der Waals surface area contributed by atoms with Gasteiger partial charge >= 0.3 is 0 Å². The maximum atomic E-state index is 12.3. The Labute approximate surface area is 143 Å². The van der Waals surface area contributed by atoms with Gasteiger partial charge in [-0.2, -0.15) is 0 Å². The largest absolute Gasteiger partial charge is 0.379 e. The summed E-state index contributed by atoms with van der Waals surface area (Å²) in [7, 11) is 0. The molecule has 2 aromatic rings. The average Bonchev–Trinajstić information content (AvgIpc) is 2.90. The molecule has 2 heterocycles. The van der Waals surface area contributed by atoms with Gasteiger partial charge in [0.05, 0.1) is 17.1 Å². The zero-order chi connectivity index (χ0) is 17.1. The van der Waals surface area contributed by atoms with E-state index >= 15 is 0 Å². The number of fused-ring (bicyclic) bond motifs is 3. The van der Waals surface area contributed by atoms with Gasteiger partial charge in [-0.15, -0.1) is 0 Å². The highest BCUT2D eigenvalue weighted by Crippen LogP contribution is 2.25. The van der Waals surface area contributed by atoms with E-state index in [1.165, 1.54) is 6.42 Å². The minimum Gasteiger partial charge on any atom is -0.379 e. The van der Waals surface area contributed by atoms with Gasteiger partial charge in [-0.3, -0.25) is 4.79 Å². The van der Waals surface area contributed by atoms with Crippen molar-refractivity contribution in [2.75, 3.05) is 13.2 Å². The Hall–Kier alpha value is -1.88. The molecule has 0 aliphatic carbocycles. The summed E-state index contributed by atoms with van der Waals surface area (Å²) >= 11 is 0. The molecule has 1 aliphatic rings. The lowest BCUT2D eigenvalue weighted by Crippen LogP contribution is -2.25. The van der Waals surface area contributed by atoms with Crippen LogP contribution in [0.4, 0.5) is 0 Å². The molecule has 24 heavy (non-hydrogen) atoms. The molecule has 0 radical (unpaired) electrons. The van der Waals surface area contributed by atoms with Crippen molar-refractivity contribution < 1.29 is 9.53 Å². The summed E-state index contributed by atoms with van der Waals surface area (Å²) in [5.74, 6) is 1.79. The van der Waals surface area contributed by atoms with Crippen LogP contribution in [0, 0.1) is 5.92 Å². The van der Waals surface area contributed by atoms with E-state index < -0.39 is 0 Å². The predicted molar refractivity (Wildman–Crippen MR) is 95.3 cm³/mol. The van der Waals surface area contributed by atoms with Crippen LogP contribution >= 0.6 is 0 Å². The molecule has 1 aromatic heterocycles. The maximum absolute atomic E-state index is 12.3. The normalized spacial score (nSPS) is 17.2. The first-order valence-corrected chi connectivity index (χ1v) is 8.93. The van der Waals surface area contributed by atoms with Crippen molar-refractivity contribution in [1.29, 1.82) is 0 Å². The third kappa shape index (κ3) is 3.78. The number of benzene rings is 1. The second-order valence-corrected chi connectivity index (χ2v) is 7.01. The number of rotatable bonds is 6. The molecule has 3 rings (SSSR count). The fourth-order valence-electron chi connectivity index (χ4n) is 3.18. The number of aryl methyl sites for hydroxylation is 1. The lowest BCUT2D eigenvalue weighted by molar-refractivity contribution is 0.0757. The van der Waals surface area contributed by atoms with Gasteiger partial charge in [-0.1, -0.05) is 6.92 Å². The van der Waals surface area contributed by atoms with E-state index in [-0.39, 0.29) is 12.0 Å². The first-order valence-electron chi connectivity index (χ1n) is 8.93. The molecule has 1 aliphatic heterocycles. The topological polar surface area (TPSA) is 56.2 Å². The van der Waals surface area contributed by atoms with Gasteiger partial charge < -0.3 is 14.6 Å². The van der Waals surface area contributed by atoms with Gasteiger partial charge in [0.1, 0.15) is 5.82 Å². The molecule has 1 unspecified atom stereocenters. The number of carbonyl (C=O) groups is 1. The van der Waals surface area contributed by atoms with Crippen molar-refractivity contribution in [3.63, 3.8) is 0 Å². The molecular formula is C19H27N3O2. The van der Waals surface area contributed by atoms with Gasteiger partial charge in [-0.05, 0) is 50.8 Å². The van der Waals surface area contributed by atoms with Crippen molar-refractivity contribution >= 4 is 16.9 Å². The number of ether oxygens (including phenoxy) is 1. The summed E-state index contributed by atoms with van der Waals surface area (Å²) in [5, 5.41) is 2.95. The monoisotopic (exact) mass is 329 g/mol. The summed E-state index contributed by atoms with van der Waals surface area (Å²) < 4.78 is 7.77. The van der Waals surface area contributed by atoms with E-state index in [1.54, 1.807) is 0 Å². The highest BCUT2D eigenvalue weighted by molar-refractivity contribution is 5.97. The molecule has 0 bridgehead atoms. The molecule has 5 heteroatoms. The second kappa shape index (κ2) is 7.34. The van der Waals surface area contributed by atoms with Crippen molar-refractivity contribution in [3.05, 3.63) is 29.6 Å². The lowest BCUT2D eigenvalue weighted by Gasteiger charge is -2.19. The van der Waals surface area contributed by atoms with E-state index in [9.17, 15) is 4.79 Å². The molecular weight excluding hydrogens is 302 g/mol. The number of imidazole rings is 1. The Bertz CT molecular complexity index is 721. The summed E-state index contributed by atoms with van der Waals surface area (Å²) in [6.45, 7) is 8.61. The number of amides is 1. The smallest absolute Gasteiger partial charge is 0.251 e. The van der Waals surface area contributed by atoms with Crippen LogP contribution in [0.15, 0.2) is 18.2 Å². The van der Waals surface area contributed by atoms with E-state index in [2.05, 4.69) is 16.8 Å².